The zero-order chi connectivity index (χ0) is 13.8. The molecule has 0 radical (unpaired) electrons. The van der Waals surface area contributed by atoms with Gasteiger partial charge >= 0.3 is 5.97 Å². The molecule has 1 N–H and O–H groups in total. The SMILES string of the molecule is CN(c1ccc(/C=C/C(=O)O)cc1F)C1CCCC1. The fourth-order valence-electron chi connectivity index (χ4n) is 2.57. The highest BCUT2D eigenvalue weighted by molar-refractivity contribution is 5.85. The van der Waals surface area contributed by atoms with Gasteiger partial charge in [0.25, 0.3) is 0 Å². The maximum Gasteiger partial charge on any atom is 0.328 e. The van der Waals surface area contributed by atoms with Crippen molar-refractivity contribution >= 4 is 17.7 Å². The first-order valence-corrected chi connectivity index (χ1v) is 6.51. The predicted molar refractivity (Wildman–Crippen MR) is 73.7 cm³/mol. The Bertz CT molecular complexity index is 493. The Labute approximate surface area is 112 Å². The third-order valence-corrected chi connectivity index (χ3v) is 3.64. The lowest BCUT2D eigenvalue weighted by molar-refractivity contribution is -0.131. The Morgan fingerprint density at radius 2 is 2.11 bits per heavy atom. The van der Waals surface area contributed by atoms with Crippen molar-refractivity contribution in [1.82, 2.24) is 0 Å². The van der Waals surface area contributed by atoms with E-state index in [9.17, 15) is 9.18 Å². The standard InChI is InChI=1S/C15H18FNO2/c1-17(12-4-2-3-5-12)14-8-6-11(10-13(14)16)7-9-15(18)19/h6-10,12H,2-5H2,1H3,(H,18,19)/b9-7+. The Morgan fingerprint density at radius 1 is 1.42 bits per heavy atom. The van der Waals surface area contributed by atoms with Gasteiger partial charge in [-0.1, -0.05) is 18.9 Å². The molecule has 0 heterocycles. The van der Waals surface area contributed by atoms with Crippen molar-refractivity contribution in [2.45, 2.75) is 31.7 Å². The minimum absolute atomic E-state index is 0.304. The van der Waals surface area contributed by atoms with Crippen LogP contribution < -0.4 is 4.90 Å². The lowest BCUT2D eigenvalue weighted by Crippen LogP contribution is -2.29. The number of hydrogen-bond acceptors (Lipinski definition) is 2. The minimum Gasteiger partial charge on any atom is -0.478 e. The lowest BCUT2D eigenvalue weighted by atomic mass is 10.1. The molecule has 0 bridgehead atoms. The van der Waals surface area contributed by atoms with Crippen molar-refractivity contribution in [2.24, 2.45) is 0 Å². The summed E-state index contributed by atoms with van der Waals surface area (Å²) in [6.45, 7) is 0. The van der Waals surface area contributed by atoms with Gasteiger partial charge in [-0.05, 0) is 36.6 Å². The molecule has 19 heavy (non-hydrogen) atoms. The summed E-state index contributed by atoms with van der Waals surface area (Å²) in [5.74, 6) is -1.34. The molecule has 0 aromatic heterocycles. The molecule has 1 aliphatic rings. The van der Waals surface area contributed by atoms with Gasteiger partial charge in [-0.15, -0.1) is 0 Å². The van der Waals surface area contributed by atoms with E-state index in [0.29, 0.717) is 17.3 Å². The quantitative estimate of drug-likeness (QED) is 0.847. The number of carboxylic acid groups (broad SMARTS) is 1. The second-order valence-corrected chi connectivity index (χ2v) is 4.93. The first-order chi connectivity index (χ1) is 9.08. The van der Waals surface area contributed by atoms with E-state index in [2.05, 4.69) is 0 Å². The Kier molecular flexibility index (Phi) is 4.20. The van der Waals surface area contributed by atoms with Gasteiger partial charge in [-0.2, -0.15) is 0 Å². The number of nitrogens with zero attached hydrogens (tertiary/aromatic N) is 1. The molecular formula is C15H18FNO2. The summed E-state index contributed by atoms with van der Waals surface area (Å²) in [6, 6.07) is 5.24. The largest absolute Gasteiger partial charge is 0.478 e. The average Bonchev–Trinajstić information content (AvgIpc) is 2.89. The summed E-state index contributed by atoms with van der Waals surface area (Å²) < 4.78 is 14.1. The van der Waals surface area contributed by atoms with Gasteiger partial charge in [-0.25, -0.2) is 9.18 Å². The molecule has 2 rings (SSSR count). The molecule has 0 saturated heterocycles. The van der Waals surface area contributed by atoms with E-state index >= 15 is 0 Å². The van der Waals surface area contributed by atoms with Gasteiger partial charge in [-0.3, -0.25) is 0 Å². The molecule has 3 nitrogen and oxygen atoms in total. The molecule has 1 fully saturated rings. The zero-order valence-electron chi connectivity index (χ0n) is 11.0. The number of benzene rings is 1. The van der Waals surface area contributed by atoms with Crippen LogP contribution in [0.3, 0.4) is 0 Å². The lowest BCUT2D eigenvalue weighted by Gasteiger charge is -2.27. The van der Waals surface area contributed by atoms with Crippen molar-refractivity contribution in [3.05, 3.63) is 35.7 Å². The second-order valence-electron chi connectivity index (χ2n) is 4.93. The van der Waals surface area contributed by atoms with Gasteiger partial charge in [0.2, 0.25) is 0 Å². The van der Waals surface area contributed by atoms with Crippen LogP contribution in [0.5, 0.6) is 0 Å². The summed E-state index contributed by atoms with van der Waals surface area (Å²) in [5.41, 5.74) is 1.14. The highest BCUT2D eigenvalue weighted by atomic mass is 19.1. The van der Waals surface area contributed by atoms with Crippen LogP contribution in [-0.2, 0) is 4.79 Å². The third kappa shape index (κ3) is 3.34. The third-order valence-electron chi connectivity index (χ3n) is 3.64. The van der Waals surface area contributed by atoms with Crippen LogP contribution in [0, 0.1) is 5.82 Å². The molecule has 0 spiro atoms. The van der Waals surface area contributed by atoms with Crippen LogP contribution in [0.2, 0.25) is 0 Å². The molecule has 1 saturated carbocycles. The molecule has 0 unspecified atom stereocenters. The smallest absolute Gasteiger partial charge is 0.328 e. The number of carbonyl (C=O) groups is 1. The van der Waals surface area contributed by atoms with E-state index in [4.69, 9.17) is 5.11 Å². The number of carboxylic acids is 1. The Morgan fingerprint density at radius 3 is 2.68 bits per heavy atom. The maximum atomic E-state index is 14.1. The second kappa shape index (κ2) is 5.87. The summed E-state index contributed by atoms with van der Waals surface area (Å²) in [7, 11) is 1.92. The van der Waals surface area contributed by atoms with Crippen LogP contribution >= 0.6 is 0 Å². The van der Waals surface area contributed by atoms with E-state index in [1.807, 2.05) is 11.9 Å². The van der Waals surface area contributed by atoms with Gasteiger partial charge in [0, 0.05) is 19.2 Å². The molecule has 1 aromatic rings. The summed E-state index contributed by atoms with van der Waals surface area (Å²) >= 11 is 0. The van der Waals surface area contributed by atoms with E-state index in [-0.39, 0.29) is 5.82 Å². The molecule has 0 aliphatic heterocycles. The number of rotatable bonds is 4. The van der Waals surface area contributed by atoms with Crippen molar-refractivity contribution in [3.63, 3.8) is 0 Å². The fraction of sp³-hybridized carbons (Fsp3) is 0.400. The molecule has 0 amide bonds. The van der Waals surface area contributed by atoms with Gasteiger partial charge in [0.15, 0.2) is 0 Å². The van der Waals surface area contributed by atoms with Crippen molar-refractivity contribution in [3.8, 4) is 0 Å². The van der Waals surface area contributed by atoms with Crippen LogP contribution in [0.4, 0.5) is 10.1 Å². The van der Waals surface area contributed by atoms with Gasteiger partial charge in [0.05, 0.1) is 5.69 Å². The minimum atomic E-state index is -1.03. The van der Waals surface area contributed by atoms with E-state index in [1.165, 1.54) is 25.0 Å². The highest BCUT2D eigenvalue weighted by Crippen LogP contribution is 2.29. The van der Waals surface area contributed by atoms with Crippen molar-refractivity contribution in [2.75, 3.05) is 11.9 Å². The van der Waals surface area contributed by atoms with Gasteiger partial charge < -0.3 is 10.0 Å². The molecule has 0 atom stereocenters. The van der Waals surface area contributed by atoms with Gasteiger partial charge in [0.1, 0.15) is 5.82 Å². The number of halogens is 1. The van der Waals surface area contributed by atoms with Crippen LogP contribution in [0.15, 0.2) is 24.3 Å². The summed E-state index contributed by atoms with van der Waals surface area (Å²) in [5, 5.41) is 8.54. The normalized spacial score (nSPS) is 16.1. The van der Waals surface area contributed by atoms with Crippen LogP contribution in [-0.4, -0.2) is 24.2 Å². The topological polar surface area (TPSA) is 40.5 Å². The Balaban J connectivity index is 2.16. The predicted octanol–water partition coefficient (Wildman–Crippen LogP) is 3.30. The number of aliphatic carboxylic acids is 1. The molecule has 1 aromatic carbocycles. The summed E-state index contributed by atoms with van der Waals surface area (Å²) in [6.07, 6.45) is 7.03. The van der Waals surface area contributed by atoms with Crippen molar-refractivity contribution in [1.29, 1.82) is 0 Å². The van der Waals surface area contributed by atoms with E-state index in [0.717, 1.165) is 18.9 Å². The zero-order valence-corrected chi connectivity index (χ0v) is 11.0. The highest BCUT2D eigenvalue weighted by Gasteiger charge is 2.21. The van der Waals surface area contributed by atoms with Crippen molar-refractivity contribution < 1.29 is 14.3 Å². The van der Waals surface area contributed by atoms with Crippen LogP contribution in [0.1, 0.15) is 31.2 Å². The monoisotopic (exact) mass is 263 g/mol. The van der Waals surface area contributed by atoms with E-state index in [1.54, 1.807) is 12.1 Å². The van der Waals surface area contributed by atoms with E-state index < -0.39 is 5.97 Å². The first kappa shape index (κ1) is 13.6. The Hall–Kier alpha value is -1.84. The maximum absolute atomic E-state index is 14.1. The fourth-order valence-corrected chi connectivity index (χ4v) is 2.57. The number of hydrogen-bond donors (Lipinski definition) is 1. The average molecular weight is 263 g/mol. The van der Waals surface area contributed by atoms with Crippen LogP contribution in [0.25, 0.3) is 6.08 Å². The number of anilines is 1. The summed E-state index contributed by atoms with van der Waals surface area (Å²) in [4.78, 5) is 12.4. The molecule has 4 heteroatoms. The molecule has 102 valence electrons. The first-order valence-electron chi connectivity index (χ1n) is 6.51. The molecular weight excluding hydrogens is 245 g/mol. The molecule has 1 aliphatic carbocycles.